The van der Waals surface area contributed by atoms with E-state index in [0.29, 0.717) is 5.56 Å². The standard InChI is InChI=1S/C23H17F5N4O4/c1-29-21(34)17-8-12(6-7-30-17)11-31-16-4-2-13(24)9-15(16)20(33)32-14-3-5-18-19(10-14)36-23(27,28)22(25,26)35-18/h2-10,31H,11H2,1H3,(H,29,34)(H,32,33). The monoisotopic (exact) mass is 508 g/mol. The van der Waals surface area contributed by atoms with E-state index >= 15 is 0 Å². The van der Waals surface area contributed by atoms with Gasteiger partial charge < -0.3 is 25.4 Å². The summed E-state index contributed by atoms with van der Waals surface area (Å²) in [6, 6.07) is 9.48. The smallest absolute Gasteiger partial charge is 0.421 e. The van der Waals surface area contributed by atoms with Crippen LogP contribution in [0.1, 0.15) is 26.4 Å². The second-order valence-electron chi connectivity index (χ2n) is 7.53. The number of rotatable bonds is 6. The van der Waals surface area contributed by atoms with Gasteiger partial charge in [-0.3, -0.25) is 14.6 Å². The van der Waals surface area contributed by atoms with Crippen LogP contribution in [0.15, 0.2) is 54.7 Å². The Hall–Kier alpha value is -4.42. The van der Waals surface area contributed by atoms with E-state index in [1.54, 1.807) is 6.07 Å². The van der Waals surface area contributed by atoms with Gasteiger partial charge in [0.1, 0.15) is 11.5 Å². The molecular weight excluding hydrogens is 491 g/mol. The molecule has 2 heterocycles. The quantitative estimate of drug-likeness (QED) is 0.427. The molecule has 1 aromatic heterocycles. The molecule has 0 unspecified atom stereocenters. The fraction of sp³-hybridized carbons (Fsp3) is 0.174. The summed E-state index contributed by atoms with van der Waals surface area (Å²) in [7, 11) is 1.46. The van der Waals surface area contributed by atoms with Gasteiger partial charge in [0.25, 0.3) is 11.8 Å². The first kappa shape index (κ1) is 24.7. The molecule has 1 aliphatic rings. The van der Waals surface area contributed by atoms with E-state index in [0.717, 1.165) is 30.3 Å². The van der Waals surface area contributed by atoms with Crippen LogP contribution >= 0.6 is 0 Å². The van der Waals surface area contributed by atoms with Crippen LogP contribution in [-0.4, -0.2) is 36.1 Å². The van der Waals surface area contributed by atoms with Crippen molar-refractivity contribution in [3.63, 3.8) is 0 Å². The topological polar surface area (TPSA) is 102 Å². The third kappa shape index (κ3) is 4.99. The molecule has 0 aliphatic carbocycles. The summed E-state index contributed by atoms with van der Waals surface area (Å²) in [6.45, 7) is 0.145. The van der Waals surface area contributed by atoms with Crippen LogP contribution in [0.25, 0.3) is 0 Å². The number of pyridine rings is 1. The van der Waals surface area contributed by atoms with Crippen molar-refractivity contribution in [2.24, 2.45) is 0 Å². The number of aromatic nitrogens is 1. The van der Waals surface area contributed by atoms with E-state index in [1.165, 1.54) is 25.4 Å². The number of hydrogen-bond acceptors (Lipinski definition) is 6. The molecule has 13 heteroatoms. The third-order valence-electron chi connectivity index (χ3n) is 5.01. The van der Waals surface area contributed by atoms with Gasteiger partial charge in [-0.2, -0.15) is 17.6 Å². The van der Waals surface area contributed by atoms with Crippen molar-refractivity contribution >= 4 is 23.2 Å². The Bertz CT molecular complexity index is 1340. The zero-order valence-electron chi connectivity index (χ0n) is 18.4. The summed E-state index contributed by atoms with van der Waals surface area (Å²) < 4.78 is 75.6. The van der Waals surface area contributed by atoms with E-state index in [1.807, 2.05) is 0 Å². The molecule has 188 valence electrons. The first-order valence-corrected chi connectivity index (χ1v) is 10.3. The number of nitrogens with one attached hydrogen (secondary N) is 3. The molecule has 1 aliphatic heterocycles. The fourth-order valence-corrected chi connectivity index (χ4v) is 3.24. The molecule has 0 spiro atoms. The van der Waals surface area contributed by atoms with Crippen LogP contribution < -0.4 is 25.4 Å². The third-order valence-corrected chi connectivity index (χ3v) is 5.01. The molecule has 8 nitrogen and oxygen atoms in total. The summed E-state index contributed by atoms with van der Waals surface area (Å²) in [6.07, 6.45) is -8.36. The Kier molecular flexibility index (Phi) is 6.39. The number of hydrogen-bond donors (Lipinski definition) is 3. The maximum Gasteiger partial charge on any atom is 0.507 e. The summed E-state index contributed by atoms with van der Waals surface area (Å²) in [5, 5.41) is 7.79. The number of amides is 2. The predicted octanol–water partition coefficient (Wildman–Crippen LogP) is 4.40. The molecule has 4 rings (SSSR count). The Morgan fingerprint density at radius 1 is 0.917 bits per heavy atom. The summed E-state index contributed by atoms with van der Waals surface area (Å²) in [5.74, 6) is -3.30. The van der Waals surface area contributed by atoms with Crippen molar-refractivity contribution in [3.05, 3.63) is 77.4 Å². The minimum atomic E-state index is -4.92. The highest BCUT2D eigenvalue weighted by atomic mass is 19.3. The number of anilines is 2. The van der Waals surface area contributed by atoms with Crippen LogP contribution in [0.4, 0.5) is 33.3 Å². The predicted molar refractivity (Wildman–Crippen MR) is 117 cm³/mol. The zero-order valence-corrected chi connectivity index (χ0v) is 18.4. The van der Waals surface area contributed by atoms with Gasteiger partial charge in [-0.05, 0) is 48.0 Å². The van der Waals surface area contributed by atoms with E-state index in [4.69, 9.17) is 0 Å². The Morgan fingerprint density at radius 3 is 2.36 bits per heavy atom. The Labute approximate surface area is 200 Å². The highest BCUT2D eigenvalue weighted by molar-refractivity contribution is 6.08. The molecule has 0 saturated heterocycles. The van der Waals surface area contributed by atoms with Crippen molar-refractivity contribution in [2.75, 3.05) is 17.7 Å². The minimum Gasteiger partial charge on any atom is -0.421 e. The molecule has 2 amide bonds. The van der Waals surface area contributed by atoms with Crippen LogP contribution in [0.5, 0.6) is 11.5 Å². The van der Waals surface area contributed by atoms with Gasteiger partial charge in [-0.1, -0.05) is 0 Å². The van der Waals surface area contributed by atoms with Gasteiger partial charge >= 0.3 is 12.2 Å². The average Bonchev–Trinajstić information content (AvgIpc) is 2.83. The van der Waals surface area contributed by atoms with Crippen molar-refractivity contribution in [3.8, 4) is 11.5 Å². The van der Waals surface area contributed by atoms with Crippen molar-refractivity contribution in [1.82, 2.24) is 10.3 Å². The van der Waals surface area contributed by atoms with Gasteiger partial charge in [0.05, 0.1) is 5.56 Å². The number of benzene rings is 2. The number of fused-ring (bicyclic) bond motifs is 1. The molecule has 36 heavy (non-hydrogen) atoms. The lowest BCUT2D eigenvalue weighted by molar-refractivity contribution is -0.391. The number of carbonyl (C=O) groups is 2. The minimum absolute atomic E-state index is 0.0945. The van der Waals surface area contributed by atoms with Gasteiger partial charge in [0.15, 0.2) is 11.5 Å². The maximum absolute atomic E-state index is 13.9. The number of alkyl halides is 4. The normalized spacial score (nSPS) is 15.1. The number of halogens is 5. The molecule has 2 aromatic carbocycles. The average molecular weight is 508 g/mol. The lowest BCUT2D eigenvalue weighted by Crippen LogP contribution is -2.52. The largest absolute Gasteiger partial charge is 0.507 e. The first-order chi connectivity index (χ1) is 17.0. The maximum atomic E-state index is 13.9. The molecule has 0 radical (unpaired) electrons. The molecule has 3 aromatic rings. The lowest BCUT2D eigenvalue weighted by Gasteiger charge is -2.31. The van der Waals surface area contributed by atoms with E-state index in [2.05, 4.69) is 30.4 Å². The van der Waals surface area contributed by atoms with E-state index in [-0.39, 0.29) is 35.1 Å². The van der Waals surface area contributed by atoms with Crippen molar-refractivity contribution < 1.29 is 41.0 Å². The highest BCUT2D eigenvalue weighted by Crippen LogP contribution is 2.47. The Balaban J connectivity index is 1.52. The van der Waals surface area contributed by atoms with Crippen molar-refractivity contribution in [2.45, 2.75) is 18.8 Å². The number of ether oxygens (including phenoxy) is 2. The number of nitrogens with zero attached hydrogens (tertiary/aromatic N) is 1. The van der Waals surface area contributed by atoms with Gasteiger partial charge in [0, 0.05) is 37.2 Å². The Morgan fingerprint density at radius 2 is 1.64 bits per heavy atom. The molecule has 0 atom stereocenters. The summed E-state index contributed by atoms with van der Waals surface area (Å²) >= 11 is 0. The summed E-state index contributed by atoms with van der Waals surface area (Å²) in [4.78, 5) is 28.6. The highest BCUT2D eigenvalue weighted by Gasteiger charge is 2.65. The molecule has 0 bridgehead atoms. The van der Waals surface area contributed by atoms with E-state index < -0.39 is 35.4 Å². The van der Waals surface area contributed by atoms with Crippen LogP contribution in [0.2, 0.25) is 0 Å². The van der Waals surface area contributed by atoms with Gasteiger partial charge in [0.2, 0.25) is 0 Å². The fourth-order valence-electron chi connectivity index (χ4n) is 3.24. The van der Waals surface area contributed by atoms with Crippen LogP contribution in [0.3, 0.4) is 0 Å². The molecule has 0 saturated carbocycles. The summed E-state index contributed by atoms with van der Waals surface area (Å²) in [5.41, 5.74) is 0.806. The van der Waals surface area contributed by atoms with Crippen LogP contribution in [0, 0.1) is 5.82 Å². The lowest BCUT2D eigenvalue weighted by atomic mass is 10.1. The second-order valence-corrected chi connectivity index (χ2v) is 7.53. The second kappa shape index (κ2) is 9.32. The van der Waals surface area contributed by atoms with Gasteiger partial charge in [-0.25, -0.2) is 4.39 Å². The SMILES string of the molecule is CNC(=O)c1cc(CNc2ccc(F)cc2C(=O)Nc2ccc3c(c2)OC(F)(F)C(F)(F)O3)ccn1. The van der Waals surface area contributed by atoms with Crippen molar-refractivity contribution in [1.29, 1.82) is 0 Å². The van der Waals surface area contributed by atoms with E-state index in [9.17, 15) is 31.5 Å². The zero-order chi connectivity index (χ0) is 26.1. The first-order valence-electron chi connectivity index (χ1n) is 10.3. The van der Waals surface area contributed by atoms with Gasteiger partial charge in [-0.15, -0.1) is 0 Å². The number of carbonyl (C=O) groups excluding carboxylic acids is 2. The molecule has 3 N–H and O–H groups in total. The molecule has 0 fully saturated rings. The molecular formula is C23H17F5N4O4. The van der Waals surface area contributed by atoms with Crippen LogP contribution in [-0.2, 0) is 6.54 Å².